The largest absolute Gasteiger partial charge is 0.381 e. The van der Waals surface area contributed by atoms with Crippen LogP contribution in [-0.2, 0) is 4.74 Å². The number of aromatic amines is 1. The second-order valence-electron chi connectivity index (χ2n) is 5.29. The van der Waals surface area contributed by atoms with E-state index in [9.17, 15) is 0 Å². The van der Waals surface area contributed by atoms with Gasteiger partial charge in [-0.2, -0.15) is 0 Å². The molecule has 100 valence electrons. The smallest absolute Gasteiger partial charge is 0.138 e. The number of ether oxygens (including phenoxy) is 1. The molecule has 0 spiro atoms. The molecule has 1 atom stereocenters. The molecule has 1 N–H and O–H groups in total. The maximum Gasteiger partial charge on any atom is 0.138 e. The van der Waals surface area contributed by atoms with Crippen molar-refractivity contribution in [2.75, 3.05) is 13.2 Å². The Labute approximate surface area is 117 Å². The summed E-state index contributed by atoms with van der Waals surface area (Å²) in [6.07, 6.45) is 1.13. The SMILES string of the molecule is c1ccc2[nH]c(-c3ccc(C4CCOC4)cc3)nc2c1. The van der Waals surface area contributed by atoms with Crippen LogP contribution in [0.15, 0.2) is 48.5 Å². The lowest BCUT2D eigenvalue weighted by atomic mass is 9.97. The maximum absolute atomic E-state index is 5.45. The first kappa shape index (κ1) is 11.7. The number of benzene rings is 2. The van der Waals surface area contributed by atoms with Gasteiger partial charge in [-0.1, -0.05) is 36.4 Å². The van der Waals surface area contributed by atoms with Crippen molar-refractivity contribution in [1.82, 2.24) is 9.97 Å². The van der Waals surface area contributed by atoms with Gasteiger partial charge in [0.2, 0.25) is 0 Å². The van der Waals surface area contributed by atoms with E-state index < -0.39 is 0 Å². The molecule has 0 saturated carbocycles. The zero-order valence-electron chi connectivity index (χ0n) is 11.2. The Morgan fingerprint density at radius 2 is 1.90 bits per heavy atom. The predicted octanol–water partition coefficient (Wildman–Crippen LogP) is 3.73. The van der Waals surface area contributed by atoms with Crippen LogP contribution in [0.3, 0.4) is 0 Å². The molecule has 1 saturated heterocycles. The average molecular weight is 264 g/mol. The number of fused-ring (bicyclic) bond motifs is 1. The Hall–Kier alpha value is -2.13. The molecule has 2 aromatic carbocycles. The lowest BCUT2D eigenvalue weighted by molar-refractivity contribution is 0.194. The van der Waals surface area contributed by atoms with Gasteiger partial charge in [0.05, 0.1) is 17.6 Å². The third-order valence-corrected chi connectivity index (χ3v) is 3.97. The van der Waals surface area contributed by atoms with Crippen LogP contribution in [0.25, 0.3) is 22.4 Å². The summed E-state index contributed by atoms with van der Waals surface area (Å²) in [7, 11) is 0. The number of para-hydroxylation sites is 2. The molecule has 3 heteroatoms. The highest BCUT2D eigenvalue weighted by atomic mass is 16.5. The number of H-pyrrole nitrogens is 1. The van der Waals surface area contributed by atoms with Crippen LogP contribution in [0, 0.1) is 0 Å². The second kappa shape index (κ2) is 4.76. The molecule has 0 aliphatic carbocycles. The van der Waals surface area contributed by atoms with Crippen molar-refractivity contribution in [3.63, 3.8) is 0 Å². The van der Waals surface area contributed by atoms with Crippen molar-refractivity contribution in [3.8, 4) is 11.4 Å². The summed E-state index contributed by atoms with van der Waals surface area (Å²) >= 11 is 0. The standard InChI is InChI=1S/C17H16N2O/c1-2-4-16-15(3-1)18-17(19-16)13-7-5-12(6-8-13)14-9-10-20-11-14/h1-8,14H,9-11H2,(H,18,19). The summed E-state index contributed by atoms with van der Waals surface area (Å²) in [6.45, 7) is 1.74. The molecule has 1 aromatic heterocycles. The third kappa shape index (κ3) is 2.00. The first-order valence-corrected chi connectivity index (χ1v) is 7.03. The van der Waals surface area contributed by atoms with Crippen LogP contribution < -0.4 is 0 Å². The van der Waals surface area contributed by atoms with Crippen LogP contribution in [0.5, 0.6) is 0 Å². The lowest BCUT2D eigenvalue weighted by Gasteiger charge is -2.08. The number of hydrogen-bond donors (Lipinski definition) is 1. The topological polar surface area (TPSA) is 37.9 Å². The molecular weight excluding hydrogens is 248 g/mol. The Morgan fingerprint density at radius 3 is 2.65 bits per heavy atom. The van der Waals surface area contributed by atoms with Gasteiger partial charge in [0.25, 0.3) is 0 Å². The molecule has 1 aliphatic heterocycles. The fraction of sp³-hybridized carbons (Fsp3) is 0.235. The molecule has 3 nitrogen and oxygen atoms in total. The van der Waals surface area contributed by atoms with E-state index in [1.807, 2.05) is 18.2 Å². The van der Waals surface area contributed by atoms with Crippen molar-refractivity contribution in [3.05, 3.63) is 54.1 Å². The van der Waals surface area contributed by atoms with Crippen molar-refractivity contribution in [2.24, 2.45) is 0 Å². The molecule has 1 aliphatic rings. The van der Waals surface area contributed by atoms with Gasteiger partial charge in [-0.3, -0.25) is 0 Å². The number of rotatable bonds is 2. The summed E-state index contributed by atoms with van der Waals surface area (Å²) < 4.78 is 5.45. The van der Waals surface area contributed by atoms with Gasteiger partial charge in [0.1, 0.15) is 5.82 Å². The highest BCUT2D eigenvalue weighted by Gasteiger charge is 2.17. The molecule has 1 unspecified atom stereocenters. The van der Waals surface area contributed by atoms with E-state index in [1.165, 1.54) is 5.56 Å². The quantitative estimate of drug-likeness (QED) is 0.765. The number of nitrogens with zero attached hydrogens (tertiary/aromatic N) is 1. The van der Waals surface area contributed by atoms with Crippen molar-refractivity contribution < 1.29 is 4.74 Å². The number of aromatic nitrogens is 2. The van der Waals surface area contributed by atoms with Gasteiger partial charge in [-0.05, 0) is 24.1 Å². The fourth-order valence-corrected chi connectivity index (χ4v) is 2.80. The molecular formula is C17H16N2O. The fourth-order valence-electron chi connectivity index (χ4n) is 2.80. The van der Waals surface area contributed by atoms with Crippen LogP contribution in [0.2, 0.25) is 0 Å². The van der Waals surface area contributed by atoms with E-state index in [1.54, 1.807) is 0 Å². The maximum atomic E-state index is 5.45. The number of nitrogens with one attached hydrogen (secondary N) is 1. The summed E-state index contributed by atoms with van der Waals surface area (Å²) in [5.74, 6) is 1.49. The Morgan fingerprint density at radius 1 is 1.05 bits per heavy atom. The Balaban J connectivity index is 1.67. The van der Waals surface area contributed by atoms with Crippen LogP contribution in [0.4, 0.5) is 0 Å². The van der Waals surface area contributed by atoms with Crippen LogP contribution in [0.1, 0.15) is 17.9 Å². The molecule has 0 radical (unpaired) electrons. The van der Waals surface area contributed by atoms with Gasteiger partial charge >= 0.3 is 0 Å². The van der Waals surface area contributed by atoms with Gasteiger partial charge in [-0.25, -0.2) is 4.98 Å². The highest BCUT2D eigenvalue weighted by Crippen LogP contribution is 2.27. The number of hydrogen-bond acceptors (Lipinski definition) is 2. The Bertz CT molecular complexity index is 691. The highest BCUT2D eigenvalue weighted by molar-refractivity contribution is 5.79. The van der Waals surface area contributed by atoms with Gasteiger partial charge < -0.3 is 9.72 Å². The number of imidazole rings is 1. The lowest BCUT2D eigenvalue weighted by Crippen LogP contribution is -1.96. The zero-order chi connectivity index (χ0) is 13.4. The molecule has 0 amide bonds. The molecule has 2 heterocycles. The molecule has 0 bridgehead atoms. The summed E-state index contributed by atoms with van der Waals surface area (Å²) in [4.78, 5) is 7.99. The second-order valence-corrected chi connectivity index (χ2v) is 5.29. The molecule has 3 aromatic rings. The van der Waals surface area contributed by atoms with Crippen LogP contribution in [-0.4, -0.2) is 23.2 Å². The first-order valence-electron chi connectivity index (χ1n) is 7.03. The van der Waals surface area contributed by atoms with Crippen LogP contribution >= 0.6 is 0 Å². The summed E-state index contributed by atoms with van der Waals surface area (Å²) in [5.41, 5.74) is 4.58. The van der Waals surface area contributed by atoms with Crippen molar-refractivity contribution >= 4 is 11.0 Å². The minimum Gasteiger partial charge on any atom is -0.381 e. The zero-order valence-corrected chi connectivity index (χ0v) is 11.2. The minimum atomic E-state index is 0.555. The van der Waals surface area contributed by atoms with E-state index in [-0.39, 0.29) is 0 Å². The van der Waals surface area contributed by atoms with E-state index in [0.717, 1.165) is 42.1 Å². The monoisotopic (exact) mass is 264 g/mol. The predicted molar refractivity (Wildman–Crippen MR) is 79.7 cm³/mol. The summed E-state index contributed by atoms with van der Waals surface area (Å²) in [6, 6.07) is 16.8. The first-order chi connectivity index (χ1) is 9.90. The Kier molecular flexibility index (Phi) is 2.78. The van der Waals surface area contributed by atoms with Gasteiger partial charge in [0.15, 0.2) is 0 Å². The molecule has 1 fully saturated rings. The van der Waals surface area contributed by atoms with E-state index in [0.29, 0.717) is 5.92 Å². The normalized spacial score (nSPS) is 18.7. The third-order valence-electron chi connectivity index (χ3n) is 3.97. The van der Waals surface area contributed by atoms with E-state index in [4.69, 9.17) is 4.74 Å². The minimum absolute atomic E-state index is 0.555. The summed E-state index contributed by atoms with van der Waals surface area (Å²) in [5, 5.41) is 0. The van der Waals surface area contributed by atoms with Crippen molar-refractivity contribution in [1.29, 1.82) is 0 Å². The van der Waals surface area contributed by atoms with Gasteiger partial charge in [0, 0.05) is 18.1 Å². The van der Waals surface area contributed by atoms with E-state index >= 15 is 0 Å². The molecule has 4 rings (SSSR count). The average Bonchev–Trinajstić information content (AvgIpc) is 3.17. The molecule has 20 heavy (non-hydrogen) atoms. The van der Waals surface area contributed by atoms with Crippen molar-refractivity contribution in [2.45, 2.75) is 12.3 Å². The van der Waals surface area contributed by atoms with E-state index in [2.05, 4.69) is 40.3 Å². The van der Waals surface area contributed by atoms with Gasteiger partial charge in [-0.15, -0.1) is 0 Å².